The first-order valence-electron chi connectivity index (χ1n) is 11.2. The van der Waals surface area contributed by atoms with Crippen LogP contribution in [0.2, 0.25) is 0 Å². The zero-order valence-corrected chi connectivity index (χ0v) is 21.7. The Balaban J connectivity index is 1.30. The predicted molar refractivity (Wildman–Crippen MR) is 150 cm³/mol. The smallest absolute Gasteiger partial charge is 0.258 e. The van der Waals surface area contributed by atoms with Gasteiger partial charge in [0.05, 0.1) is 16.1 Å². The van der Waals surface area contributed by atoms with E-state index in [9.17, 15) is 14.0 Å². The lowest BCUT2D eigenvalue weighted by atomic mass is 10.1. The monoisotopic (exact) mass is 545 g/mol. The Morgan fingerprint density at radius 1 is 0.838 bits per heavy atom. The molecule has 0 aliphatic heterocycles. The number of halogens is 1. The molecular formula is C28H20FN3O2S3. The average molecular weight is 546 g/mol. The number of nitrogens with one attached hydrogen (secondary N) is 2. The van der Waals surface area contributed by atoms with Crippen molar-refractivity contribution in [2.24, 2.45) is 0 Å². The fourth-order valence-electron chi connectivity index (χ4n) is 3.54. The van der Waals surface area contributed by atoms with Crippen molar-refractivity contribution in [2.45, 2.75) is 10.1 Å². The van der Waals surface area contributed by atoms with Crippen LogP contribution >= 0.6 is 34.4 Å². The largest absolute Gasteiger partial charge is 0.322 e. The van der Waals surface area contributed by atoms with Gasteiger partial charge in [0.25, 0.3) is 5.91 Å². The van der Waals surface area contributed by atoms with Gasteiger partial charge in [-0.15, -0.1) is 34.4 Å². The number of thiophene rings is 1. The van der Waals surface area contributed by atoms with Crippen molar-refractivity contribution in [2.75, 3.05) is 10.6 Å². The first-order valence-corrected chi connectivity index (χ1v) is 13.9. The fraction of sp³-hybridized carbons (Fsp3) is 0.0357. The summed E-state index contributed by atoms with van der Waals surface area (Å²) in [4.78, 5) is 32.2. The minimum absolute atomic E-state index is 0.0220. The maximum Gasteiger partial charge on any atom is 0.258 e. The third kappa shape index (κ3) is 6.14. The van der Waals surface area contributed by atoms with Gasteiger partial charge in [-0.1, -0.05) is 48.5 Å². The van der Waals surface area contributed by atoms with E-state index >= 15 is 0 Å². The first kappa shape index (κ1) is 24.9. The van der Waals surface area contributed by atoms with Crippen LogP contribution in [0.3, 0.4) is 0 Å². The fourth-order valence-corrected chi connectivity index (χ4v) is 6.04. The first-order chi connectivity index (χ1) is 18.1. The van der Waals surface area contributed by atoms with Crippen molar-refractivity contribution in [3.63, 3.8) is 0 Å². The second-order valence-corrected chi connectivity index (χ2v) is 10.9. The van der Waals surface area contributed by atoms with Gasteiger partial charge in [0.1, 0.15) is 11.1 Å². The Labute approximate surface area is 225 Å². The quantitative estimate of drug-likeness (QED) is 0.196. The Kier molecular flexibility index (Phi) is 7.74. The summed E-state index contributed by atoms with van der Waals surface area (Å²) in [7, 11) is 0. The van der Waals surface area contributed by atoms with E-state index in [4.69, 9.17) is 0 Å². The van der Waals surface area contributed by atoms with E-state index < -0.39 is 17.0 Å². The summed E-state index contributed by atoms with van der Waals surface area (Å²) < 4.78 is 13.9. The summed E-state index contributed by atoms with van der Waals surface area (Å²) >= 11 is 4.38. The van der Waals surface area contributed by atoms with E-state index in [-0.39, 0.29) is 11.5 Å². The number of anilines is 2. The molecule has 0 fully saturated rings. The highest BCUT2D eigenvalue weighted by molar-refractivity contribution is 8.00. The van der Waals surface area contributed by atoms with E-state index in [0.717, 1.165) is 21.0 Å². The molecule has 5 rings (SSSR count). The van der Waals surface area contributed by atoms with Crippen LogP contribution in [0, 0.1) is 5.82 Å². The third-order valence-electron chi connectivity index (χ3n) is 5.33. The van der Waals surface area contributed by atoms with Crippen LogP contribution in [0.5, 0.6) is 0 Å². The lowest BCUT2D eigenvalue weighted by molar-refractivity contribution is -0.115. The molecule has 0 saturated carbocycles. The van der Waals surface area contributed by atoms with Crippen molar-refractivity contribution in [3.05, 3.63) is 119 Å². The standard InChI is InChI=1S/C28H20FN3O2S3/c29-22-10-5-4-9-21(22)26(33)30-19-12-14-20(15-13-19)37-25(18-7-2-1-3-8-18)27(34)32-28-31-23(17-36-28)24-11-6-16-35-24/h1-17,25H,(H,30,33)(H,31,32,34). The normalized spacial score (nSPS) is 11.6. The van der Waals surface area contributed by atoms with Gasteiger partial charge in [-0.25, -0.2) is 9.37 Å². The molecule has 5 aromatic rings. The van der Waals surface area contributed by atoms with Gasteiger partial charge in [0.2, 0.25) is 5.91 Å². The highest BCUT2D eigenvalue weighted by Crippen LogP contribution is 2.37. The minimum atomic E-state index is -0.577. The molecule has 0 radical (unpaired) electrons. The molecule has 9 heteroatoms. The minimum Gasteiger partial charge on any atom is -0.322 e. The summed E-state index contributed by atoms with van der Waals surface area (Å²) in [6.45, 7) is 0. The number of amides is 2. The van der Waals surface area contributed by atoms with Gasteiger partial charge in [0.15, 0.2) is 5.13 Å². The van der Waals surface area contributed by atoms with Gasteiger partial charge >= 0.3 is 0 Å². The highest BCUT2D eigenvalue weighted by atomic mass is 32.2. The van der Waals surface area contributed by atoms with E-state index in [1.165, 1.54) is 41.3 Å². The maximum atomic E-state index is 13.9. The average Bonchev–Trinajstić information content (AvgIpc) is 3.61. The molecule has 0 aliphatic rings. The van der Waals surface area contributed by atoms with Crippen LogP contribution in [0.25, 0.3) is 10.6 Å². The maximum absolute atomic E-state index is 13.9. The third-order valence-corrected chi connectivity index (χ3v) is 8.25. The molecule has 0 aliphatic carbocycles. The van der Waals surface area contributed by atoms with Gasteiger partial charge in [-0.2, -0.15) is 0 Å². The number of aromatic nitrogens is 1. The zero-order valence-electron chi connectivity index (χ0n) is 19.3. The van der Waals surface area contributed by atoms with Crippen molar-refractivity contribution >= 4 is 57.1 Å². The molecule has 0 saturated heterocycles. The molecule has 5 nitrogen and oxygen atoms in total. The molecule has 3 aromatic carbocycles. The number of benzene rings is 3. The summed E-state index contributed by atoms with van der Waals surface area (Å²) in [6, 6.07) is 26.4. The van der Waals surface area contributed by atoms with Crippen molar-refractivity contribution in [3.8, 4) is 10.6 Å². The molecule has 2 aromatic heterocycles. The van der Waals surface area contributed by atoms with E-state index in [1.807, 2.05) is 65.4 Å². The molecule has 37 heavy (non-hydrogen) atoms. The van der Waals surface area contributed by atoms with Crippen LogP contribution in [-0.2, 0) is 4.79 Å². The lowest BCUT2D eigenvalue weighted by Gasteiger charge is -2.16. The van der Waals surface area contributed by atoms with Crippen molar-refractivity contribution in [1.29, 1.82) is 0 Å². The molecule has 0 bridgehead atoms. The van der Waals surface area contributed by atoms with E-state index in [1.54, 1.807) is 29.5 Å². The summed E-state index contributed by atoms with van der Waals surface area (Å²) in [5.74, 6) is -1.28. The Morgan fingerprint density at radius 2 is 1.59 bits per heavy atom. The van der Waals surface area contributed by atoms with Gasteiger partial charge in [-0.05, 0) is 53.4 Å². The number of carbonyl (C=O) groups excluding carboxylic acids is 2. The summed E-state index contributed by atoms with van der Waals surface area (Å²) in [5, 5.41) is 9.62. The molecule has 0 spiro atoms. The number of thiazole rings is 1. The summed E-state index contributed by atoms with van der Waals surface area (Å²) in [5.41, 5.74) is 2.21. The number of carbonyl (C=O) groups is 2. The Bertz CT molecular complexity index is 1500. The molecule has 2 amide bonds. The molecule has 184 valence electrons. The van der Waals surface area contributed by atoms with Gasteiger partial charge in [-0.3, -0.25) is 9.59 Å². The number of hydrogen-bond acceptors (Lipinski definition) is 6. The Hall–Kier alpha value is -3.79. The summed E-state index contributed by atoms with van der Waals surface area (Å²) in [6.07, 6.45) is 0. The van der Waals surface area contributed by atoms with Crippen molar-refractivity contribution in [1.82, 2.24) is 4.98 Å². The topological polar surface area (TPSA) is 71.1 Å². The zero-order chi connectivity index (χ0) is 25.6. The SMILES string of the molecule is O=C(Nc1ccc(SC(C(=O)Nc2nc(-c3cccs3)cs2)c2ccccc2)cc1)c1ccccc1F. The number of nitrogens with zero attached hydrogens (tertiary/aromatic N) is 1. The second kappa shape index (κ2) is 11.5. The molecule has 2 heterocycles. The lowest BCUT2D eigenvalue weighted by Crippen LogP contribution is -2.19. The van der Waals surface area contributed by atoms with Crippen LogP contribution in [0.4, 0.5) is 15.2 Å². The van der Waals surface area contributed by atoms with Gasteiger partial charge < -0.3 is 10.6 Å². The molecule has 1 unspecified atom stereocenters. The predicted octanol–water partition coefficient (Wildman–Crippen LogP) is 7.74. The molecule has 1 atom stereocenters. The highest BCUT2D eigenvalue weighted by Gasteiger charge is 2.23. The van der Waals surface area contributed by atoms with Crippen LogP contribution < -0.4 is 10.6 Å². The van der Waals surface area contributed by atoms with Crippen LogP contribution in [0.15, 0.2) is 107 Å². The van der Waals surface area contributed by atoms with E-state index in [0.29, 0.717) is 10.8 Å². The number of thioether (sulfide) groups is 1. The number of rotatable bonds is 8. The van der Waals surface area contributed by atoms with E-state index in [2.05, 4.69) is 15.6 Å². The van der Waals surface area contributed by atoms with Gasteiger partial charge in [0, 0.05) is 16.0 Å². The van der Waals surface area contributed by atoms with Crippen LogP contribution in [-0.4, -0.2) is 16.8 Å². The number of hydrogen-bond donors (Lipinski definition) is 2. The second-order valence-electron chi connectivity index (χ2n) is 7.87. The Morgan fingerprint density at radius 3 is 2.32 bits per heavy atom. The van der Waals surface area contributed by atoms with Crippen LogP contribution in [0.1, 0.15) is 21.2 Å². The molecule has 2 N–H and O–H groups in total. The molecular weight excluding hydrogens is 526 g/mol. The van der Waals surface area contributed by atoms with Crippen molar-refractivity contribution < 1.29 is 14.0 Å².